The van der Waals surface area contributed by atoms with Crippen molar-refractivity contribution in [2.45, 2.75) is 38.8 Å². The van der Waals surface area contributed by atoms with Crippen LogP contribution in [0, 0.1) is 6.07 Å². The third kappa shape index (κ3) is 4.22. The SMILES string of the molecule is CC1(C)COC(c2[c-]c(C3=NC(C)(C)CO3)ccc2)=N1.[Ni][I]. The molecule has 2 aliphatic heterocycles. The molecule has 4 nitrogen and oxygen atoms in total. The minimum atomic E-state index is -0.164. The maximum atomic E-state index is 5.65. The van der Waals surface area contributed by atoms with Crippen molar-refractivity contribution >= 4 is 32.3 Å². The van der Waals surface area contributed by atoms with E-state index >= 15 is 0 Å². The van der Waals surface area contributed by atoms with Crippen LogP contribution >= 0.6 is 20.5 Å². The Morgan fingerprint density at radius 1 is 0.955 bits per heavy atom. The van der Waals surface area contributed by atoms with Gasteiger partial charge in [0, 0.05) is 0 Å². The topological polar surface area (TPSA) is 43.2 Å². The predicted octanol–water partition coefficient (Wildman–Crippen LogP) is 3.48. The van der Waals surface area contributed by atoms with E-state index in [9.17, 15) is 0 Å². The van der Waals surface area contributed by atoms with Crippen LogP contribution in [-0.2, 0) is 21.8 Å². The number of benzene rings is 1. The molecule has 2 heterocycles. The number of hydrogen-bond acceptors (Lipinski definition) is 4. The van der Waals surface area contributed by atoms with Crippen LogP contribution in [0.2, 0.25) is 0 Å². The van der Waals surface area contributed by atoms with Gasteiger partial charge < -0.3 is 9.47 Å². The summed E-state index contributed by atoms with van der Waals surface area (Å²) >= 11 is 5.62. The molecule has 0 spiro atoms. The Morgan fingerprint density at radius 2 is 1.36 bits per heavy atom. The van der Waals surface area contributed by atoms with Gasteiger partial charge in [0.25, 0.3) is 0 Å². The molecule has 3 rings (SSSR count). The molecule has 0 unspecified atom stereocenters. The monoisotopic (exact) mass is 456 g/mol. The fourth-order valence-electron chi connectivity index (χ4n) is 2.16. The summed E-state index contributed by atoms with van der Waals surface area (Å²) in [6.07, 6.45) is 0. The van der Waals surface area contributed by atoms with E-state index in [-0.39, 0.29) is 11.1 Å². The molecule has 0 atom stereocenters. The molecule has 123 valence electrons. The van der Waals surface area contributed by atoms with Crippen LogP contribution in [-0.4, -0.2) is 36.1 Å². The van der Waals surface area contributed by atoms with Crippen molar-refractivity contribution in [2.75, 3.05) is 13.2 Å². The molecule has 1 aromatic rings. The van der Waals surface area contributed by atoms with Gasteiger partial charge in [0.1, 0.15) is 25.0 Å². The zero-order chi connectivity index (χ0) is 16.4. The summed E-state index contributed by atoms with van der Waals surface area (Å²) in [6.45, 7) is 9.41. The van der Waals surface area contributed by atoms with Crippen LogP contribution in [0.15, 0.2) is 28.2 Å². The summed E-state index contributed by atoms with van der Waals surface area (Å²) in [5.74, 6) is 1.30. The van der Waals surface area contributed by atoms with Crippen molar-refractivity contribution < 1.29 is 21.8 Å². The van der Waals surface area contributed by atoms with Gasteiger partial charge in [0.2, 0.25) is 0 Å². The van der Waals surface area contributed by atoms with E-state index < -0.39 is 0 Å². The Labute approximate surface area is 151 Å². The van der Waals surface area contributed by atoms with Gasteiger partial charge >= 0.3 is 32.8 Å². The summed E-state index contributed by atoms with van der Waals surface area (Å²) in [4.78, 5) is 9.14. The molecule has 0 saturated carbocycles. The Balaban J connectivity index is 0.000000847. The Morgan fingerprint density at radius 3 is 1.68 bits per heavy atom. The molecule has 2 aliphatic rings. The molecule has 1 aromatic carbocycles. The Hall–Kier alpha value is -0.616. The van der Waals surface area contributed by atoms with Crippen molar-refractivity contribution in [1.29, 1.82) is 0 Å². The Kier molecular flexibility index (Phi) is 5.54. The summed E-state index contributed by atoms with van der Waals surface area (Å²) in [6, 6.07) is 9.14. The van der Waals surface area contributed by atoms with Crippen LogP contribution in [0.1, 0.15) is 38.8 Å². The standard InChI is InChI=1S/C16H19N2O2.HI.Ni/c1-15(2)9-19-13(17-15)11-6-5-7-12(8-11)14-18-16(3,4)10-20-14;;/h5-7H,9-10H2,1-4H3;1H;/q-1;;+1/p-1. The summed E-state index contributed by atoms with van der Waals surface area (Å²) in [5.41, 5.74) is 1.37. The molecule has 0 saturated heterocycles. The summed E-state index contributed by atoms with van der Waals surface area (Å²) in [7, 11) is 0. The van der Waals surface area contributed by atoms with E-state index in [2.05, 4.69) is 56.0 Å². The second-order valence-electron chi connectivity index (χ2n) is 6.51. The van der Waals surface area contributed by atoms with Gasteiger partial charge in [-0.15, -0.1) is 24.3 Å². The summed E-state index contributed by atoms with van der Waals surface area (Å²) < 4.78 is 11.3. The van der Waals surface area contributed by atoms with Gasteiger partial charge in [-0.25, -0.2) is 0 Å². The van der Waals surface area contributed by atoms with E-state index in [0.29, 0.717) is 25.0 Å². The first-order chi connectivity index (χ1) is 10.3. The first-order valence-electron chi connectivity index (χ1n) is 6.95. The quantitative estimate of drug-likeness (QED) is 0.388. The van der Waals surface area contributed by atoms with Gasteiger partial charge in [0.15, 0.2) is 0 Å². The van der Waals surface area contributed by atoms with Crippen LogP contribution in [0.4, 0.5) is 0 Å². The van der Waals surface area contributed by atoms with E-state index in [0.717, 1.165) is 11.1 Å². The number of rotatable bonds is 2. The van der Waals surface area contributed by atoms with Crippen molar-refractivity contribution in [2.24, 2.45) is 9.98 Å². The first-order valence-corrected chi connectivity index (χ1v) is 10.1. The van der Waals surface area contributed by atoms with Crippen molar-refractivity contribution in [3.63, 3.8) is 0 Å². The first kappa shape index (κ1) is 17.7. The fourth-order valence-corrected chi connectivity index (χ4v) is 2.16. The third-order valence-corrected chi connectivity index (χ3v) is 3.19. The maximum absolute atomic E-state index is 5.65. The fraction of sp³-hybridized carbons (Fsp3) is 0.500. The van der Waals surface area contributed by atoms with Gasteiger partial charge in [-0.3, -0.25) is 9.98 Å². The van der Waals surface area contributed by atoms with Gasteiger partial charge in [-0.2, -0.15) is 0 Å². The predicted molar refractivity (Wildman–Crippen MR) is 92.4 cm³/mol. The van der Waals surface area contributed by atoms with Crippen LogP contribution < -0.4 is 0 Å². The number of hydrogen-bond donors (Lipinski definition) is 0. The van der Waals surface area contributed by atoms with Crippen molar-refractivity contribution in [3.8, 4) is 0 Å². The number of aliphatic imine (C=N–C) groups is 2. The molecule has 0 radical (unpaired) electrons. The van der Waals surface area contributed by atoms with Gasteiger partial charge in [0.05, 0.1) is 11.1 Å². The second kappa shape index (κ2) is 6.87. The van der Waals surface area contributed by atoms with Gasteiger partial charge in [-0.05, 0) is 27.7 Å². The minimum absolute atomic E-state index is 0.164. The van der Waals surface area contributed by atoms with E-state index in [1.807, 2.05) is 18.2 Å². The third-order valence-electron chi connectivity index (χ3n) is 3.19. The summed E-state index contributed by atoms with van der Waals surface area (Å²) in [5, 5.41) is 0. The molecule has 0 N–H and O–H groups in total. The Bertz CT molecular complexity index is 563. The molecule has 0 aliphatic carbocycles. The normalized spacial score (nSPS) is 21.0. The molecular formula is C16H19IN2NiO2-. The van der Waals surface area contributed by atoms with Crippen LogP contribution in [0.25, 0.3) is 0 Å². The molecule has 0 amide bonds. The average Bonchev–Trinajstić information content (AvgIpc) is 3.03. The molecule has 0 fully saturated rings. The van der Waals surface area contributed by atoms with Crippen molar-refractivity contribution in [3.05, 3.63) is 35.4 Å². The van der Waals surface area contributed by atoms with Crippen molar-refractivity contribution in [1.82, 2.24) is 0 Å². The molecule has 22 heavy (non-hydrogen) atoms. The molecule has 6 heteroatoms. The zero-order valence-electron chi connectivity index (χ0n) is 13.1. The van der Waals surface area contributed by atoms with E-state index in [4.69, 9.17) is 9.47 Å². The average molecular weight is 457 g/mol. The van der Waals surface area contributed by atoms with Crippen LogP contribution in [0.5, 0.6) is 0 Å². The van der Waals surface area contributed by atoms with E-state index in [1.165, 1.54) is 0 Å². The molecule has 0 aromatic heterocycles. The molecular weight excluding hydrogens is 438 g/mol. The number of halogens is 1. The molecule has 0 bridgehead atoms. The van der Waals surface area contributed by atoms with Crippen LogP contribution in [0.3, 0.4) is 0 Å². The zero-order valence-corrected chi connectivity index (χ0v) is 16.2. The number of nitrogens with zero attached hydrogens (tertiary/aromatic N) is 2. The van der Waals surface area contributed by atoms with E-state index in [1.54, 1.807) is 20.5 Å². The number of ether oxygens (including phenoxy) is 2. The second-order valence-corrected chi connectivity index (χ2v) is 6.51. The van der Waals surface area contributed by atoms with Gasteiger partial charge in [-0.1, -0.05) is 11.1 Å².